The van der Waals surface area contributed by atoms with Gasteiger partial charge in [0.1, 0.15) is 6.26 Å². The van der Waals surface area contributed by atoms with Crippen molar-refractivity contribution in [3.05, 3.63) is 47.3 Å². The minimum atomic E-state index is 0. The summed E-state index contributed by atoms with van der Waals surface area (Å²) in [6.07, 6.45) is 1.63. The van der Waals surface area contributed by atoms with E-state index in [2.05, 4.69) is 71.3 Å². The summed E-state index contributed by atoms with van der Waals surface area (Å²) in [7, 11) is 4.14. The van der Waals surface area contributed by atoms with E-state index in [1.165, 1.54) is 16.8 Å². The highest BCUT2D eigenvalue weighted by Gasteiger charge is 2.20. The summed E-state index contributed by atoms with van der Waals surface area (Å²) in [4.78, 5) is 11.8. The van der Waals surface area contributed by atoms with Gasteiger partial charge in [0, 0.05) is 65.1 Å². The summed E-state index contributed by atoms with van der Waals surface area (Å²) in [5.74, 6) is 1.000. The minimum Gasteiger partial charge on any atom is -0.378 e. The third kappa shape index (κ3) is 6.60. The number of nitrogens with zero attached hydrogens (tertiary/aromatic N) is 5. The zero-order valence-corrected chi connectivity index (χ0v) is 20.2. The number of aryl methyl sites for hydroxylation is 1. The molecule has 1 N–H and O–H groups in total. The van der Waals surface area contributed by atoms with Crippen LogP contribution in [0.15, 0.2) is 40.0 Å². The van der Waals surface area contributed by atoms with Crippen LogP contribution in [0.25, 0.3) is 0 Å². The van der Waals surface area contributed by atoms with Crippen LogP contribution in [0.3, 0.4) is 0 Å². The summed E-state index contributed by atoms with van der Waals surface area (Å²) in [5.41, 5.74) is 4.76. The quantitative estimate of drug-likeness (QED) is 0.365. The first-order chi connectivity index (χ1) is 13.6. The maximum Gasteiger partial charge on any atom is 0.194 e. The largest absolute Gasteiger partial charge is 0.378 e. The molecule has 0 atom stereocenters. The topological polar surface area (TPSA) is 60.1 Å². The van der Waals surface area contributed by atoms with Gasteiger partial charge in [-0.15, -0.1) is 24.0 Å². The number of halogens is 1. The van der Waals surface area contributed by atoms with Gasteiger partial charge < -0.3 is 19.6 Å². The number of benzene rings is 1. The molecule has 0 bridgehead atoms. The van der Waals surface area contributed by atoms with Gasteiger partial charge in [0.15, 0.2) is 5.96 Å². The van der Waals surface area contributed by atoms with E-state index >= 15 is 0 Å². The fourth-order valence-corrected chi connectivity index (χ4v) is 3.39. The smallest absolute Gasteiger partial charge is 0.194 e. The lowest BCUT2D eigenvalue weighted by atomic mass is 10.1. The molecule has 29 heavy (non-hydrogen) atoms. The van der Waals surface area contributed by atoms with Crippen molar-refractivity contribution in [1.82, 2.24) is 20.3 Å². The number of piperazine rings is 1. The Morgan fingerprint density at radius 1 is 1.21 bits per heavy atom. The summed E-state index contributed by atoms with van der Waals surface area (Å²) in [6, 6.07) is 8.50. The molecule has 2 heterocycles. The van der Waals surface area contributed by atoms with Crippen LogP contribution in [0, 0.1) is 6.92 Å². The van der Waals surface area contributed by atoms with Crippen LogP contribution in [0.4, 0.5) is 5.69 Å². The summed E-state index contributed by atoms with van der Waals surface area (Å²) in [5, 5.41) is 7.47. The molecule has 1 aliphatic heterocycles. The minimum absolute atomic E-state index is 0. The van der Waals surface area contributed by atoms with Crippen LogP contribution < -0.4 is 10.2 Å². The molecule has 0 radical (unpaired) electrons. The predicted octanol–water partition coefficient (Wildman–Crippen LogP) is 2.95. The molecule has 8 heteroatoms. The molecule has 7 nitrogen and oxygen atoms in total. The van der Waals surface area contributed by atoms with Gasteiger partial charge in [0.25, 0.3) is 0 Å². The van der Waals surface area contributed by atoms with Crippen molar-refractivity contribution in [2.24, 2.45) is 4.99 Å². The van der Waals surface area contributed by atoms with E-state index in [1.807, 2.05) is 6.07 Å². The van der Waals surface area contributed by atoms with E-state index in [-0.39, 0.29) is 24.0 Å². The van der Waals surface area contributed by atoms with Crippen LogP contribution in [0.1, 0.15) is 23.7 Å². The molecular formula is C21H33IN6O. The summed E-state index contributed by atoms with van der Waals surface area (Å²) < 4.78 is 4.93. The van der Waals surface area contributed by atoms with Gasteiger partial charge in [-0.2, -0.15) is 0 Å². The second-order valence-corrected chi connectivity index (χ2v) is 7.43. The Balaban J connectivity index is 0.00000300. The molecule has 0 aliphatic carbocycles. The third-order valence-corrected chi connectivity index (χ3v) is 5.13. The molecule has 1 fully saturated rings. The average Bonchev–Trinajstić information content (AvgIpc) is 3.19. The van der Waals surface area contributed by atoms with Crippen molar-refractivity contribution in [2.75, 3.05) is 51.7 Å². The number of hydrogen-bond acceptors (Lipinski definition) is 5. The lowest BCUT2D eigenvalue weighted by molar-refractivity contribution is 0.169. The van der Waals surface area contributed by atoms with Crippen molar-refractivity contribution in [3.63, 3.8) is 0 Å². The molecule has 3 rings (SSSR count). The highest BCUT2D eigenvalue weighted by Crippen LogP contribution is 2.18. The molecule has 160 valence electrons. The van der Waals surface area contributed by atoms with Crippen molar-refractivity contribution in [1.29, 1.82) is 0 Å². The Labute approximate surface area is 191 Å². The second kappa shape index (κ2) is 11.4. The van der Waals surface area contributed by atoms with E-state index in [9.17, 15) is 0 Å². The van der Waals surface area contributed by atoms with Gasteiger partial charge in [0.2, 0.25) is 0 Å². The third-order valence-electron chi connectivity index (χ3n) is 5.13. The Morgan fingerprint density at radius 2 is 1.97 bits per heavy atom. The van der Waals surface area contributed by atoms with Crippen molar-refractivity contribution < 1.29 is 4.52 Å². The Hall–Kier alpha value is -1.81. The monoisotopic (exact) mass is 512 g/mol. The number of nitrogens with one attached hydrogen (secondary N) is 1. The first-order valence-electron chi connectivity index (χ1n) is 9.98. The highest BCUT2D eigenvalue weighted by atomic mass is 127. The van der Waals surface area contributed by atoms with E-state index in [4.69, 9.17) is 9.52 Å². The molecule has 1 aliphatic rings. The SMILES string of the molecule is CCNC(=NCc1ccc(N(C)C)cc1C)N1CCN(Cc2ccon2)CC1.I. The lowest BCUT2D eigenvalue weighted by Crippen LogP contribution is -2.52. The summed E-state index contributed by atoms with van der Waals surface area (Å²) >= 11 is 0. The van der Waals surface area contributed by atoms with Crippen LogP contribution in [-0.2, 0) is 13.1 Å². The van der Waals surface area contributed by atoms with Crippen LogP contribution in [0.5, 0.6) is 0 Å². The Morgan fingerprint density at radius 3 is 2.55 bits per heavy atom. The fraction of sp³-hybridized carbons (Fsp3) is 0.524. The normalized spacial score (nSPS) is 15.2. The Kier molecular flexibility index (Phi) is 9.22. The van der Waals surface area contributed by atoms with Gasteiger partial charge in [-0.05, 0) is 37.1 Å². The summed E-state index contributed by atoms with van der Waals surface area (Å²) in [6.45, 7) is 10.6. The number of aromatic nitrogens is 1. The molecule has 0 unspecified atom stereocenters. The first-order valence-corrected chi connectivity index (χ1v) is 9.98. The van der Waals surface area contributed by atoms with Gasteiger partial charge >= 0.3 is 0 Å². The average molecular weight is 512 g/mol. The maximum absolute atomic E-state index is 4.93. The Bertz CT molecular complexity index is 769. The lowest BCUT2D eigenvalue weighted by Gasteiger charge is -2.36. The fourth-order valence-electron chi connectivity index (χ4n) is 3.39. The molecule has 0 saturated carbocycles. The van der Waals surface area contributed by atoms with Crippen LogP contribution in [0.2, 0.25) is 0 Å². The highest BCUT2D eigenvalue weighted by molar-refractivity contribution is 14.0. The van der Waals surface area contributed by atoms with Crippen molar-refractivity contribution in [3.8, 4) is 0 Å². The zero-order chi connectivity index (χ0) is 19.9. The van der Waals surface area contributed by atoms with Crippen molar-refractivity contribution in [2.45, 2.75) is 26.9 Å². The van der Waals surface area contributed by atoms with Crippen LogP contribution >= 0.6 is 24.0 Å². The molecule has 2 aromatic rings. The second-order valence-electron chi connectivity index (χ2n) is 7.43. The first kappa shape index (κ1) is 23.5. The standard InChI is InChI=1S/C21H32N6O.HI/c1-5-22-21(23-15-18-6-7-20(25(3)4)14-17(18)2)27-11-9-26(10-12-27)16-19-8-13-28-24-19;/h6-8,13-14H,5,9-12,15-16H2,1-4H3,(H,22,23);1H. The van der Waals surface area contributed by atoms with E-state index < -0.39 is 0 Å². The number of anilines is 1. The van der Waals surface area contributed by atoms with E-state index in [0.717, 1.165) is 50.9 Å². The number of rotatable bonds is 6. The zero-order valence-electron chi connectivity index (χ0n) is 17.9. The van der Waals surface area contributed by atoms with Gasteiger partial charge in [-0.25, -0.2) is 4.99 Å². The van der Waals surface area contributed by atoms with Gasteiger partial charge in [0.05, 0.1) is 12.2 Å². The molecule has 0 amide bonds. The molecule has 1 aromatic carbocycles. The predicted molar refractivity (Wildman–Crippen MR) is 129 cm³/mol. The number of aliphatic imine (C=N–C) groups is 1. The van der Waals surface area contributed by atoms with Crippen LogP contribution in [-0.4, -0.2) is 67.7 Å². The van der Waals surface area contributed by atoms with E-state index in [0.29, 0.717) is 6.54 Å². The van der Waals surface area contributed by atoms with Gasteiger partial charge in [-0.1, -0.05) is 11.2 Å². The van der Waals surface area contributed by atoms with E-state index in [1.54, 1.807) is 6.26 Å². The number of guanidine groups is 1. The molecule has 1 saturated heterocycles. The number of hydrogen-bond donors (Lipinski definition) is 1. The molecule has 0 spiro atoms. The van der Waals surface area contributed by atoms with Gasteiger partial charge in [-0.3, -0.25) is 4.90 Å². The maximum atomic E-state index is 4.93. The molecule has 1 aromatic heterocycles. The molecular weight excluding hydrogens is 479 g/mol. The van der Waals surface area contributed by atoms with Crippen molar-refractivity contribution >= 4 is 35.6 Å².